The van der Waals surface area contributed by atoms with Crippen LogP contribution in [0.2, 0.25) is 0 Å². The van der Waals surface area contributed by atoms with Crippen LogP contribution in [-0.2, 0) is 4.79 Å². The van der Waals surface area contributed by atoms with Crippen LogP contribution in [-0.4, -0.2) is 31.1 Å². The van der Waals surface area contributed by atoms with Crippen LogP contribution in [0.25, 0.3) is 0 Å². The fraction of sp³-hybridized carbons (Fsp3) is 0.200. The molecule has 1 aliphatic rings. The Morgan fingerprint density at radius 3 is 2.57 bits per heavy atom. The molecule has 10 heteroatoms. The van der Waals surface area contributed by atoms with Gasteiger partial charge in [-0.1, -0.05) is 18.7 Å². The Balaban J connectivity index is 1.93. The van der Waals surface area contributed by atoms with Gasteiger partial charge in [0, 0.05) is 23.5 Å². The zero-order chi connectivity index (χ0) is 21.8. The molecule has 156 valence electrons. The predicted molar refractivity (Wildman–Crippen MR) is 108 cm³/mol. The number of benzene rings is 2. The van der Waals surface area contributed by atoms with E-state index < -0.39 is 28.8 Å². The number of non-ortho nitro benzene ring substituents is 1. The van der Waals surface area contributed by atoms with Crippen molar-refractivity contribution in [2.75, 3.05) is 19.5 Å². The average Bonchev–Trinajstić information content (AvgIpc) is 2.72. The fourth-order valence-electron chi connectivity index (χ4n) is 3.23. The molecule has 0 aromatic heterocycles. The minimum atomic E-state index is -0.889. The van der Waals surface area contributed by atoms with Crippen molar-refractivity contribution in [3.8, 4) is 11.5 Å². The molecule has 10 nitrogen and oxygen atoms in total. The molecule has 3 amide bonds. The van der Waals surface area contributed by atoms with Crippen LogP contribution < -0.4 is 25.4 Å². The Hall–Kier alpha value is -4.08. The van der Waals surface area contributed by atoms with Crippen LogP contribution >= 0.6 is 0 Å². The molecule has 3 rings (SSSR count). The third-order valence-electron chi connectivity index (χ3n) is 4.64. The molecular weight excluding hydrogens is 392 g/mol. The average molecular weight is 412 g/mol. The number of hydrogen-bond acceptors (Lipinski definition) is 6. The Morgan fingerprint density at radius 2 is 1.90 bits per heavy atom. The summed E-state index contributed by atoms with van der Waals surface area (Å²) in [6, 6.07) is 9.37. The second-order valence-electron chi connectivity index (χ2n) is 6.49. The second-order valence-corrected chi connectivity index (χ2v) is 6.49. The Morgan fingerprint density at radius 1 is 1.17 bits per heavy atom. The highest BCUT2D eigenvalue weighted by Crippen LogP contribution is 2.35. The minimum absolute atomic E-state index is 0.155. The van der Waals surface area contributed by atoms with Gasteiger partial charge in [0.1, 0.15) is 5.92 Å². The van der Waals surface area contributed by atoms with Crippen molar-refractivity contribution < 1.29 is 24.0 Å². The van der Waals surface area contributed by atoms with Gasteiger partial charge in [-0.05, 0) is 23.8 Å². The summed E-state index contributed by atoms with van der Waals surface area (Å²) >= 11 is 0. The topological polar surface area (TPSA) is 132 Å². The molecule has 0 spiro atoms. The summed E-state index contributed by atoms with van der Waals surface area (Å²) in [6.07, 6.45) is 0. The third kappa shape index (κ3) is 4.17. The zero-order valence-corrected chi connectivity index (χ0v) is 16.3. The van der Waals surface area contributed by atoms with Crippen molar-refractivity contribution in [2.45, 2.75) is 6.04 Å². The highest BCUT2D eigenvalue weighted by Gasteiger charge is 2.38. The van der Waals surface area contributed by atoms with Crippen LogP contribution in [0.15, 0.2) is 54.7 Å². The first kappa shape index (κ1) is 20.6. The van der Waals surface area contributed by atoms with Crippen molar-refractivity contribution in [2.24, 2.45) is 5.92 Å². The summed E-state index contributed by atoms with van der Waals surface area (Å²) in [5.74, 6) is -0.447. The SMILES string of the molecule is C=C1NC(=O)N[C@@H](c2ccc(OC)c(OC)c2)[C@H]1C(=O)Nc1cccc([N+](=O)[O-])c1. The molecular formula is C20H20N4O6. The number of nitrogens with one attached hydrogen (secondary N) is 3. The van der Waals surface area contributed by atoms with Crippen LogP contribution in [0, 0.1) is 16.0 Å². The van der Waals surface area contributed by atoms with E-state index in [0.29, 0.717) is 17.1 Å². The summed E-state index contributed by atoms with van der Waals surface area (Å²) < 4.78 is 10.5. The number of nitro benzene ring substituents is 1. The number of ether oxygens (including phenoxy) is 2. The monoisotopic (exact) mass is 412 g/mol. The summed E-state index contributed by atoms with van der Waals surface area (Å²) in [7, 11) is 2.98. The minimum Gasteiger partial charge on any atom is -0.493 e. The number of nitrogens with zero attached hydrogens (tertiary/aromatic N) is 1. The first-order valence-corrected chi connectivity index (χ1v) is 8.87. The molecule has 1 fully saturated rings. The van der Waals surface area contributed by atoms with Crippen LogP contribution in [0.3, 0.4) is 0 Å². The normalized spacial score (nSPS) is 18.1. The highest BCUT2D eigenvalue weighted by molar-refractivity contribution is 5.97. The van der Waals surface area contributed by atoms with E-state index in [4.69, 9.17) is 9.47 Å². The van der Waals surface area contributed by atoms with Crippen molar-refractivity contribution >= 4 is 23.3 Å². The van der Waals surface area contributed by atoms with Crippen LogP contribution in [0.1, 0.15) is 11.6 Å². The number of anilines is 1. The van der Waals surface area contributed by atoms with Gasteiger partial charge in [-0.15, -0.1) is 0 Å². The first-order valence-electron chi connectivity index (χ1n) is 8.87. The lowest BCUT2D eigenvalue weighted by Gasteiger charge is -2.34. The molecule has 0 radical (unpaired) electrons. The number of methoxy groups -OCH3 is 2. The Bertz CT molecular complexity index is 1020. The molecule has 1 heterocycles. The maximum Gasteiger partial charge on any atom is 0.319 e. The van der Waals surface area contributed by atoms with Gasteiger partial charge in [0.25, 0.3) is 5.69 Å². The lowest BCUT2D eigenvalue weighted by molar-refractivity contribution is -0.384. The fourth-order valence-corrected chi connectivity index (χ4v) is 3.23. The van der Waals surface area contributed by atoms with Gasteiger partial charge in [-0.25, -0.2) is 4.79 Å². The van der Waals surface area contributed by atoms with E-state index in [1.165, 1.54) is 38.5 Å². The lowest BCUT2D eigenvalue weighted by atomic mass is 9.88. The number of carbonyl (C=O) groups is 2. The van der Waals surface area contributed by atoms with E-state index in [2.05, 4.69) is 22.5 Å². The lowest BCUT2D eigenvalue weighted by Crippen LogP contribution is -2.51. The summed E-state index contributed by atoms with van der Waals surface area (Å²) in [5.41, 5.74) is 0.896. The Labute approximate surface area is 172 Å². The maximum absolute atomic E-state index is 13.0. The molecule has 0 aliphatic carbocycles. The van der Waals surface area contributed by atoms with E-state index in [1.807, 2.05) is 0 Å². The van der Waals surface area contributed by atoms with Crippen LogP contribution in [0.5, 0.6) is 11.5 Å². The highest BCUT2D eigenvalue weighted by atomic mass is 16.6. The van der Waals surface area contributed by atoms with Crippen molar-refractivity contribution in [3.63, 3.8) is 0 Å². The molecule has 2 atom stereocenters. The molecule has 1 aliphatic heterocycles. The number of rotatable bonds is 6. The number of carbonyl (C=O) groups excluding carboxylic acids is 2. The molecule has 1 saturated heterocycles. The van der Waals surface area contributed by atoms with Gasteiger partial charge in [0.2, 0.25) is 5.91 Å². The summed E-state index contributed by atoms with van der Waals surface area (Å²) in [5, 5.41) is 18.9. The molecule has 2 aromatic carbocycles. The van der Waals surface area contributed by atoms with Gasteiger partial charge in [-0.3, -0.25) is 14.9 Å². The third-order valence-corrected chi connectivity index (χ3v) is 4.64. The smallest absolute Gasteiger partial charge is 0.319 e. The largest absolute Gasteiger partial charge is 0.493 e. The number of amides is 3. The van der Waals surface area contributed by atoms with Crippen molar-refractivity contribution in [1.82, 2.24) is 10.6 Å². The van der Waals surface area contributed by atoms with Gasteiger partial charge >= 0.3 is 6.03 Å². The van der Waals surface area contributed by atoms with Crippen molar-refractivity contribution in [3.05, 3.63) is 70.4 Å². The quantitative estimate of drug-likeness (QED) is 0.494. The van der Waals surface area contributed by atoms with E-state index in [1.54, 1.807) is 18.2 Å². The number of hydrogen-bond donors (Lipinski definition) is 3. The van der Waals surface area contributed by atoms with Crippen molar-refractivity contribution in [1.29, 1.82) is 0 Å². The summed E-state index contributed by atoms with van der Waals surface area (Å²) in [6.45, 7) is 3.81. The molecule has 0 unspecified atom stereocenters. The first-order chi connectivity index (χ1) is 14.3. The summed E-state index contributed by atoms with van der Waals surface area (Å²) in [4.78, 5) is 35.5. The van der Waals surface area contributed by atoms with E-state index in [0.717, 1.165) is 0 Å². The Kier molecular flexibility index (Phi) is 5.86. The second kappa shape index (κ2) is 8.52. The standard InChI is InChI=1S/C20H20N4O6/c1-11-17(19(25)22-13-5-4-6-14(10-13)24(27)28)18(23-20(26)21-11)12-7-8-15(29-2)16(9-12)30-3/h4-10,17-18H,1H2,2-3H3,(H,22,25)(H2,21,23,26)/t17-,18-/m0/s1. The molecule has 2 aromatic rings. The van der Waals surface area contributed by atoms with Gasteiger partial charge in [-0.2, -0.15) is 0 Å². The molecule has 0 bridgehead atoms. The number of nitro groups is 1. The zero-order valence-electron chi connectivity index (χ0n) is 16.3. The molecule has 0 saturated carbocycles. The van der Waals surface area contributed by atoms with E-state index >= 15 is 0 Å². The molecule has 3 N–H and O–H groups in total. The van der Waals surface area contributed by atoms with E-state index in [-0.39, 0.29) is 17.1 Å². The van der Waals surface area contributed by atoms with Gasteiger partial charge in [0.05, 0.1) is 25.2 Å². The van der Waals surface area contributed by atoms with Gasteiger partial charge < -0.3 is 25.4 Å². The maximum atomic E-state index is 13.0. The van der Waals surface area contributed by atoms with E-state index in [9.17, 15) is 19.7 Å². The predicted octanol–water partition coefficient (Wildman–Crippen LogP) is 2.73. The van der Waals surface area contributed by atoms with Crippen LogP contribution in [0.4, 0.5) is 16.2 Å². The number of urea groups is 1. The molecule has 30 heavy (non-hydrogen) atoms. The van der Waals surface area contributed by atoms with Gasteiger partial charge in [0.15, 0.2) is 11.5 Å².